The van der Waals surface area contributed by atoms with Crippen LogP contribution in [0.5, 0.6) is 0 Å². The topological polar surface area (TPSA) is 122 Å². The summed E-state index contributed by atoms with van der Waals surface area (Å²) in [5.41, 5.74) is 0.0270. The van der Waals surface area contributed by atoms with Crippen LogP contribution >= 0.6 is 0 Å². The molecule has 22 heavy (non-hydrogen) atoms. The molecule has 0 bridgehead atoms. The van der Waals surface area contributed by atoms with Gasteiger partial charge in [0.1, 0.15) is 0 Å². The molecular formula is C14H12N4O4. The number of carbonyl (C=O) groups is 1. The van der Waals surface area contributed by atoms with E-state index in [1.165, 1.54) is 24.3 Å². The molecule has 0 saturated heterocycles. The smallest absolute Gasteiger partial charge is 0.344 e. The molecule has 0 aliphatic heterocycles. The minimum absolute atomic E-state index is 0.0509. The van der Waals surface area contributed by atoms with E-state index >= 15 is 0 Å². The Morgan fingerprint density at radius 2 is 2.05 bits per heavy atom. The van der Waals surface area contributed by atoms with Crippen molar-refractivity contribution >= 4 is 17.3 Å². The number of amides is 1. The van der Waals surface area contributed by atoms with Crippen molar-refractivity contribution in [3.63, 3.8) is 0 Å². The van der Waals surface area contributed by atoms with Crippen LogP contribution in [0.3, 0.4) is 0 Å². The van der Waals surface area contributed by atoms with Gasteiger partial charge in [-0.1, -0.05) is 19.0 Å². The van der Waals surface area contributed by atoms with Crippen LogP contribution in [0, 0.1) is 21.4 Å². The molecule has 1 heterocycles. The predicted octanol–water partition coefficient (Wildman–Crippen LogP) is 2.83. The number of benzene rings is 1. The first-order valence-electron chi connectivity index (χ1n) is 6.39. The number of hydrogen-bond donors (Lipinski definition) is 1. The molecule has 0 radical (unpaired) electrons. The third-order valence-electron chi connectivity index (χ3n) is 2.89. The summed E-state index contributed by atoms with van der Waals surface area (Å²) < 4.78 is 4.92. The van der Waals surface area contributed by atoms with Gasteiger partial charge in [0.2, 0.25) is 11.5 Å². The Hall–Kier alpha value is -3.21. The first-order valence-corrected chi connectivity index (χ1v) is 6.39. The second kappa shape index (κ2) is 6.05. The predicted molar refractivity (Wildman–Crippen MR) is 76.4 cm³/mol. The van der Waals surface area contributed by atoms with Gasteiger partial charge >= 0.3 is 5.69 Å². The summed E-state index contributed by atoms with van der Waals surface area (Å²) in [4.78, 5) is 22.6. The number of nitrogens with one attached hydrogen (secondary N) is 1. The molecule has 8 nitrogen and oxygen atoms in total. The molecule has 112 valence electrons. The lowest BCUT2D eigenvalue weighted by Gasteiger charge is -2.02. The molecule has 1 aromatic heterocycles. The van der Waals surface area contributed by atoms with Crippen LogP contribution in [0.2, 0.25) is 0 Å². The van der Waals surface area contributed by atoms with Crippen LogP contribution < -0.4 is 5.32 Å². The highest BCUT2D eigenvalue weighted by atomic mass is 16.6. The Morgan fingerprint density at radius 3 is 2.55 bits per heavy atom. The summed E-state index contributed by atoms with van der Waals surface area (Å²) in [6.07, 6.45) is 0. The maximum atomic E-state index is 12.1. The molecule has 0 unspecified atom stereocenters. The molecule has 0 spiro atoms. The van der Waals surface area contributed by atoms with Gasteiger partial charge in [-0.05, 0) is 24.3 Å². The highest BCUT2D eigenvalue weighted by molar-refractivity contribution is 6.05. The van der Waals surface area contributed by atoms with Gasteiger partial charge in [0.25, 0.3) is 5.91 Å². The van der Waals surface area contributed by atoms with Crippen molar-refractivity contribution in [3.8, 4) is 6.07 Å². The second-order valence-corrected chi connectivity index (χ2v) is 4.80. The Morgan fingerprint density at radius 1 is 1.41 bits per heavy atom. The Balaban J connectivity index is 2.29. The van der Waals surface area contributed by atoms with Gasteiger partial charge in [-0.2, -0.15) is 5.26 Å². The van der Waals surface area contributed by atoms with E-state index in [0.29, 0.717) is 11.3 Å². The highest BCUT2D eigenvalue weighted by Crippen LogP contribution is 2.30. The van der Waals surface area contributed by atoms with Crippen LogP contribution in [0.15, 0.2) is 28.8 Å². The van der Waals surface area contributed by atoms with Crippen molar-refractivity contribution in [1.29, 1.82) is 5.26 Å². The Kier molecular flexibility index (Phi) is 4.18. The fourth-order valence-electron chi connectivity index (χ4n) is 1.82. The van der Waals surface area contributed by atoms with E-state index in [9.17, 15) is 14.9 Å². The van der Waals surface area contributed by atoms with Crippen molar-refractivity contribution in [2.24, 2.45) is 0 Å². The van der Waals surface area contributed by atoms with Crippen molar-refractivity contribution in [2.75, 3.05) is 5.32 Å². The van der Waals surface area contributed by atoms with Gasteiger partial charge < -0.3 is 9.84 Å². The molecule has 1 N–H and O–H groups in total. The van der Waals surface area contributed by atoms with E-state index in [4.69, 9.17) is 9.78 Å². The SMILES string of the molecule is CC(C)c1onc(C(=O)Nc2ccc(C#N)cc2)c1[N+](=O)[O-]. The van der Waals surface area contributed by atoms with E-state index < -0.39 is 16.5 Å². The number of carbonyl (C=O) groups excluding carboxylic acids is 1. The minimum Gasteiger partial charge on any atom is -0.353 e. The lowest BCUT2D eigenvalue weighted by atomic mass is 10.1. The lowest BCUT2D eigenvalue weighted by Crippen LogP contribution is -2.14. The minimum atomic E-state index is -0.743. The van der Waals surface area contributed by atoms with Crippen LogP contribution in [0.4, 0.5) is 11.4 Å². The summed E-state index contributed by atoms with van der Waals surface area (Å²) in [7, 11) is 0. The molecule has 2 rings (SSSR count). The van der Waals surface area contributed by atoms with E-state index in [1.54, 1.807) is 13.8 Å². The molecule has 1 aromatic carbocycles. The number of nitriles is 1. The first kappa shape index (κ1) is 15.2. The second-order valence-electron chi connectivity index (χ2n) is 4.80. The fourth-order valence-corrected chi connectivity index (χ4v) is 1.82. The van der Waals surface area contributed by atoms with Crippen LogP contribution in [0.1, 0.15) is 41.6 Å². The number of aromatic nitrogens is 1. The van der Waals surface area contributed by atoms with Crippen molar-refractivity contribution in [1.82, 2.24) is 5.16 Å². The molecule has 0 atom stereocenters. The van der Waals surface area contributed by atoms with Crippen LogP contribution in [-0.4, -0.2) is 16.0 Å². The third kappa shape index (κ3) is 2.93. The lowest BCUT2D eigenvalue weighted by molar-refractivity contribution is -0.386. The molecule has 0 aliphatic rings. The molecule has 2 aromatic rings. The highest BCUT2D eigenvalue weighted by Gasteiger charge is 2.33. The van der Waals surface area contributed by atoms with Crippen molar-refractivity contribution in [2.45, 2.75) is 19.8 Å². The summed E-state index contributed by atoms with van der Waals surface area (Å²) in [6, 6.07) is 8.03. The van der Waals surface area contributed by atoms with Gasteiger partial charge in [-0.3, -0.25) is 14.9 Å². The van der Waals surface area contributed by atoms with E-state index in [-0.39, 0.29) is 17.4 Å². The van der Waals surface area contributed by atoms with Gasteiger partial charge in [-0.25, -0.2) is 0 Å². The zero-order chi connectivity index (χ0) is 16.3. The average molecular weight is 300 g/mol. The van der Waals surface area contributed by atoms with Gasteiger partial charge in [0.05, 0.1) is 16.6 Å². The average Bonchev–Trinajstić information content (AvgIpc) is 2.93. The maximum Gasteiger partial charge on any atom is 0.344 e. The maximum absolute atomic E-state index is 12.1. The number of anilines is 1. The molecule has 0 aliphatic carbocycles. The first-order chi connectivity index (χ1) is 10.4. The number of nitro groups is 1. The van der Waals surface area contributed by atoms with Crippen molar-refractivity contribution in [3.05, 3.63) is 51.4 Å². The van der Waals surface area contributed by atoms with E-state index in [2.05, 4.69) is 10.5 Å². The Bertz CT molecular complexity index is 756. The molecular weight excluding hydrogens is 288 g/mol. The van der Waals surface area contributed by atoms with Gasteiger partial charge in [0.15, 0.2) is 0 Å². The van der Waals surface area contributed by atoms with Crippen molar-refractivity contribution < 1.29 is 14.2 Å². The third-order valence-corrected chi connectivity index (χ3v) is 2.89. The summed E-state index contributed by atoms with van der Waals surface area (Å²) >= 11 is 0. The summed E-state index contributed by atoms with van der Waals surface area (Å²) in [5, 5.41) is 25.8. The molecule has 8 heteroatoms. The summed E-state index contributed by atoms with van der Waals surface area (Å²) in [5.74, 6) is -0.966. The number of rotatable bonds is 4. The normalized spacial score (nSPS) is 10.3. The van der Waals surface area contributed by atoms with Gasteiger partial charge in [-0.15, -0.1) is 0 Å². The van der Waals surface area contributed by atoms with Gasteiger partial charge in [0, 0.05) is 11.6 Å². The fraction of sp³-hybridized carbons (Fsp3) is 0.214. The monoisotopic (exact) mass is 300 g/mol. The number of hydrogen-bond acceptors (Lipinski definition) is 6. The van der Waals surface area contributed by atoms with Crippen LogP contribution in [-0.2, 0) is 0 Å². The molecule has 0 fully saturated rings. The quantitative estimate of drug-likeness (QED) is 0.684. The van der Waals surface area contributed by atoms with Crippen LogP contribution in [0.25, 0.3) is 0 Å². The Labute approximate surface area is 125 Å². The standard InChI is InChI=1S/C14H12N4O4/c1-8(2)13-12(18(20)21)11(17-22-13)14(19)16-10-5-3-9(7-15)4-6-10/h3-6,8H,1-2H3,(H,16,19). The zero-order valence-corrected chi connectivity index (χ0v) is 11.9. The number of nitrogens with zero attached hydrogens (tertiary/aromatic N) is 3. The van der Waals surface area contributed by atoms with E-state index in [1.807, 2.05) is 6.07 Å². The van der Waals surface area contributed by atoms with E-state index in [0.717, 1.165) is 0 Å². The largest absolute Gasteiger partial charge is 0.353 e. The summed E-state index contributed by atoms with van der Waals surface area (Å²) in [6.45, 7) is 3.41. The molecule has 1 amide bonds. The molecule has 0 saturated carbocycles. The zero-order valence-electron chi connectivity index (χ0n) is 11.9.